The molecule has 0 fully saturated rings. The third-order valence-corrected chi connectivity index (χ3v) is 2.08. The van der Waals surface area contributed by atoms with Gasteiger partial charge in [0.2, 0.25) is 0 Å². The highest BCUT2D eigenvalue weighted by Crippen LogP contribution is 2.19. The number of aromatic nitrogens is 1. The van der Waals surface area contributed by atoms with Crippen molar-refractivity contribution in [1.82, 2.24) is 4.98 Å². The predicted molar refractivity (Wildman–Crippen MR) is 50.2 cm³/mol. The maximum atomic E-state index is 8.92. The number of rotatable bonds is 1. The molecule has 0 spiro atoms. The maximum Gasteiger partial charge on any atom is 0.193 e. The van der Waals surface area contributed by atoms with Gasteiger partial charge in [0.25, 0.3) is 0 Å². The molecule has 0 bridgehead atoms. The van der Waals surface area contributed by atoms with Gasteiger partial charge >= 0.3 is 0 Å². The molecule has 0 aliphatic rings. The summed E-state index contributed by atoms with van der Waals surface area (Å²) in [7, 11) is 0. The SMILES string of the molecule is Cc1ccc2[nH]c(C(O)O)cc2c1. The molecule has 1 aromatic carbocycles. The fourth-order valence-electron chi connectivity index (χ4n) is 1.41. The summed E-state index contributed by atoms with van der Waals surface area (Å²) in [4.78, 5) is 2.92. The molecular weight excluding hydrogens is 166 g/mol. The van der Waals surface area contributed by atoms with Crippen LogP contribution < -0.4 is 0 Å². The maximum absolute atomic E-state index is 8.92. The normalized spacial score (nSPS) is 11.4. The quantitative estimate of drug-likeness (QED) is 0.577. The van der Waals surface area contributed by atoms with Gasteiger partial charge in [-0.3, -0.25) is 0 Å². The summed E-state index contributed by atoms with van der Waals surface area (Å²) in [5, 5.41) is 18.8. The molecular formula is C10H11NO2. The van der Waals surface area contributed by atoms with Gasteiger partial charge in [0, 0.05) is 10.9 Å². The van der Waals surface area contributed by atoms with Crippen molar-refractivity contribution in [2.24, 2.45) is 0 Å². The van der Waals surface area contributed by atoms with Crippen LogP contribution in [0.5, 0.6) is 0 Å². The van der Waals surface area contributed by atoms with Gasteiger partial charge in [-0.15, -0.1) is 0 Å². The zero-order valence-electron chi connectivity index (χ0n) is 7.28. The number of aliphatic hydroxyl groups is 2. The molecule has 3 heteroatoms. The highest BCUT2D eigenvalue weighted by Gasteiger charge is 2.06. The summed E-state index contributed by atoms with van der Waals surface area (Å²) in [6.45, 7) is 2.00. The number of nitrogens with one attached hydrogen (secondary N) is 1. The van der Waals surface area contributed by atoms with Crippen molar-refractivity contribution in [3.63, 3.8) is 0 Å². The molecule has 3 N–H and O–H groups in total. The van der Waals surface area contributed by atoms with Crippen molar-refractivity contribution >= 4 is 10.9 Å². The molecule has 0 amide bonds. The van der Waals surface area contributed by atoms with Crippen LogP contribution >= 0.6 is 0 Å². The standard InChI is InChI=1S/C10H11NO2/c1-6-2-3-8-7(4-6)5-9(11-8)10(12)13/h2-5,10-13H,1H3. The van der Waals surface area contributed by atoms with E-state index in [-0.39, 0.29) is 0 Å². The van der Waals surface area contributed by atoms with Crippen LogP contribution in [0.25, 0.3) is 10.9 Å². The van der Waals surface area contributed by atoms with E-state index < -0.39 is 6.29 Å². The average molecular weight is 177 g/mol. The number of hydrogen-bond donors (Lipinski definition) is 3. The second-order valence-electron chi connectivity index (χ2n) is 3.19. The molecule has 0 saturated heterocycles. The molecule has 0 aliphatic carbocycles. The monoisotopic (exact) mass is 177 g/mol. The Kier molecular flexibility index (Phi) is 1.83. The summed E-state index contributed by atoms with van der Waals surface area (Å²) >= 11 is 0. The Labute approximate surface area is 75.6 Å². The Balaban J connectivity index is 2.62. The highest BCUT2D eigenvalue weighted by atomic mass is 16.5. The summed E-state index contributed by atoms with van der Waals surface area (Å²) in [5.41, 5.74) is 2.51. The van der Waals surface area contributed by atoms with Gasteiger partial charge < -0.3 is 15.2 Å². The first kappa shape index (κ1) is 8.29. The molecule has 0 unspecified atom stereocenters. The lowest BCUT2D eigenvalue weighted by molar-refractivity contribution is -0.0453. The molecule has 0 saturated carbocycles. The number of H-pyrrole nitrogens is 1. The summed E-state index contributed by atoms with van der Waals surface area (Å²) < 4.78 is 0. The van der Waals surface area contributed by atoms with Crippen LogP contribution in [0.4, 0.5) is 0 Å². The first-order valence-electron chi connectivity index (χ1n) is 4.12. The fraction of sp³-hybridized carbons (Fsp3) is 0.200. The topological polar surface area (TPSA) is 56.2 Å². The van der Waals surface area contributed by atoms with Crippen LogP contribution in [0.1, 0.15) is 17.5 Å². The van der Waals surface area contributed by atoms with Crippen molar-refractivity contribution < 1.29 is 10.2 Å². The first-order valence-corrected chi connectivity index (χ1v) is 4.12. The lowest BCUT2D eigenvalue weighted by Gasteiger charge is -1.96. The molecule has 3 nitrogen and oxygen atoms in total. The van der Waals surface area contributed by atoms with E-state index in [1.807, 2.05) is 25.1 Å². The summed E-state index contributed by atoms with van der Waals surface area (Å²) in [6.07, 6.45) is -1.42. The second kappa shape index (κ2) is 2.87. The summed E-state index contributed by atoms with van der Waals surface area (Å²) in [6, 6.07) is 7.65. The first-order chi connectivity index (χ1) is 6.16. The summed E-state index contributed by atoms with van der Waals surface area (Å²) in [5.74, 6) is 0. The zero-order valence-corrected chi connectivity index (χ0v) is 7.28. The largest absolute Gasteiger partial charge is 0.363 e. The van der Waals surface area contributed by atoms with Crippen LogP contribution in [0.2, 0.25) is 0 Å². The Morgan fingerprint density at radius 1 is 1.23 bits per heavy atom. The van der Waals surface area contributed by atoms with Crippen LogP contribution in [-0.4, -0.2) is 15.2 Å². The number of benzene rings is 1. The minimum atomic E-state index is -1.42. The van der Waals surface area contributed by atoms with Crippen molar-refractivity contribution in [2.75, 3.05) is 0 Å². The molecule has 0 atom stereocenters. The van der Waals surface area contributed by atoms with Gasteiger partial charge in [0.05, 0.1) is 5.69 Å². The Bertz CT molecular complexity index is 431. The molecule has 2 aromatic rings. The fourth-order valence-corrected chi connectivity index (χ4v) is 1.41. The van der Waals surface area contributed by atoms with Crippen molar-refractivity contribution in [2.45, 2.75) is 13.2 Å². The predicted octanol–water partition coefficient (Wildman–Crippen LogP) is 1.46. The third-order valence-electron chi connectivity index (χ3n) is 2.08. The lowest BCUT2D eigenvalue weighted by Crippen LogP contribution is -1.93. The molecule has 0 radical (unpaired) electrons. The zero-order chi connectivity index (χ0) is 9.42. The average Bonchev–Trinajstić information content (AvgIpc) is 2.46. The number of aromatic amines is 1. The number of aliphatic hydroxyl groups excluding tert-OH is 1. The van der Waals surface area contributed by atoms with Gasteiger partial charge in [-0.25, -0.2) is 0 Å². The van der Waals surface area contributed by atoms with Crippen LogP contribution in [0.3, 0.4) is 0 Å². The molecule has 13 heavy (non-hydrogen) atoms. The van der Waals surface area contributed by atoms with Gasteiger partial charge in [-0.1, -0.05) is 11.6 Å². The smallest absolute Gasteiger partial charge is 0.193 e. The van der Waals surface area contributed by atoms with E-state index in [1.54, 1.807) is 6.07 Å². The van der Waals surface area contributed by atoms with Crippen molar-refractivity contribution in [3.8, 4) is 0 Å². The molecule has 1 heterocycles. The Hall–Kier alpha value is -1.32. The van der Waals surface area contributed by atoms with Gasteiger partial charge in [-0.2, -0.15) is 0 Å². The third kappa shape index (κ3) is 1.43. The second-order valence-corrected chi connectivity index (χ2v) is 3.19. The van der Waals surface area contributed by atoms with E-state index in [1.165, 1.54) is 0 Å². The van der Waals surface area contributed by atoms with Crippen LogP contribution in [0, 0.1) is 6.92 Å². The minimum Gasteiger partial charge on any atom is -0.363 e. The van der Waals surface area contributed by atoms with E-state index in [4.69, 9.17) is 10.2 Å². The molecule has 0 aliphatic heterocycles. The van der Waals surface area contributed by atoms with E-state index in [0.29, 0.717) is 5.69 Å². The highest BCUT2D eigenvalue weighted by molar-refractivity contribution is 5.81. The van der Waals surface area contributed by atoms with Crippen LogP contribution in [0.15, 0.2) is 24.3 Å². The molecule has 2 rings (SSSR count). The Morgan fingerprint density at radius 2 is 2.00 bits per heavy atom. The van der Waals surface area contributed by atoms with Crippen molar-refractivity contribution in [1.29, 1.82) is 0 Å². The number of aryl methyl sites for hydroxylation is 1. The van der Waals surface area contributed by atoms with E-state index >= 15 is 0 Å². The number of fused-ring (bicyclic) bond motifs is 1. The Morgan fingerprint density at radius 3 is 2.69 bits per heavy atom. The van der Waals surface area contributed by atoms with Gasteiger partial charge in [0.15, 0.2) is 6.29 Å². The molecule has 68 valence electrons. The van der Waals surface area contributed by atoms with Gasteiger partial charge in [0.1, 0.15) is 0 Å². The van der Waals surface area contributed by atoms with Gasteiger partial charge in [-0.05, 0) is 25.1 Å². The van der Waals surface area contributed by atoms with E-state index in [0.717, 1.165) is 16.5 Å². The van der Waals surface area contributed by atoms with Crippen LogP contribution in [-0.2, 0) is 0 Å². The number of hydrogen-bond acceptors (Lipinski definition) is 2. The molecule has 1 aromatic heterocycles. The van der Waals surface area contributed by atoms with E-state index in [2.05, 4.69) is 4.98 Å². The lowest BCUT2D eigenvalue weighted by atomic mass is 10.2. The minimum absolute atomic E-state index is 0.431. The van der Waals surface area contributed by atoms with E-state index in [9.17, 15) is 0 Å². The van der Waals surface area contributed by atoms with Crippen molar-refractivity contribution in [3.05, 3.63) is 35.5 Å².